The number of rotatable bonds is 6. The molecule has 6 heteroatoms. The second kappa shape index (κ2) is 7.99. The zero-order valence-corrected chi connectivity index (χ0v) is 14.6. The van der Waals surface area contributed by atoms with Crippen LogP contribution in [-0.2, 0) is 16.1 Å². The molecule has 3 rings (SSSR count). The van der Waals surface area contributed by atoms with Gasteiger partial charge >= 0.3 is 0 Å². The SMILES string of the molecule is CCOc1ccc(CNC(=O)[C@@H]2CC(=O)N(c3ccc(F)cc3)C2)cc1. The zero-order valence-electron chi connectivity index (χ0n) is 14.6. The standard InChI is InChI=1S/C20H21FN2O3/c1-2-26-18-9-3-14(4-10-18)12-22-20(25)15-11-19(24)23(13-15)17-7-5-16(21)6-8-17/h3-10,15H,2,11-13H2,1H3,(H,22,25)/t15-/m1/s1. The Kier molecular flexibility index (Phi) is 5.51. The molecule has 0 bridgehead atoms. The third kappa shape index (κ3) is 4.20. The Hall–Kier alpha value is -2.89. The Labute approximate surface area is 151 Å². The lowest BCUT2D eigenvalue weighted by Gasteiger charge is -2.16. The first-order valence-electron chi connectivity index (χ1n) is 8.62. The molecule has 2 amide bonds. The van der Waals surface area contributed by atoms with E-state index in [1.807, 2.05) is 31.2 Å². The van der Waals surface area contributed by atoms with Crippen LogP contribution in [0.15, 0.2) is 48.5 Å². The molecule has 0 spiro atoms. The van der Waals surface area contributed by atoms with Crippen molar-refractivity contribution < 1.29 is 18.7 Å². The van der Waals surface area contributed by atoms with E-state index in [4.69, 9.17) is 4.74 Å². The molecule has 0 saturated carbocycles. The summed E-state index contributed by atoms with van der Waals surface area (Å²) in [6, 6.07) is 13.2. The summed E-state index contributed by atoms with van der Waals surface area (Å²) < 4.78 is 18.4. The van der Waals surface area contributed by atoms with E-state index in [1.54, 1.807) is 12.1 Å². The number of amides is 2. The van der Waals surface area contributed by atoms with E-state index in [2.05, 4.69) is 5.32 Å². The van der Waals surface area contributed by atoms with Crippen molar-refractivity contribution in [2.24, 2.45) is 5.92 Å². The number of carbonyl (C=O) groups excluding carboxylic acids is 2. The highest BCUT2D eigenvalue weighted by molar-refractivity contribution is 6.00. The first-order valence-corrected chi connectivity index (χ1v) is 8.62. The van der Waals surface area contributed by atoms with Crippen LogP contribution in [0.3, 0.4) is 0 Å². The molecule has 1 saturated heterocycles. The summed E-state index contributed by atoms with van der Waals surface area (Å²) in [6.07, 6.45) is 0.159. The van der Waals surface area contributed by atoms with E-state index >= 15 is 0 Å². The number of carbonyl (C=O) groups is 2. The molecule has 136 valence electrons. The van der Waals surface area contributed by atoms with Gasteiger partial charge in [-0.3, -0.25) is 9.59 Å². The number of halogens is 1. The summed E-state index contributed by atoms with van der Waals surface area (Å²) in [5, 5.41) is 2.88. The Bertz CT molecular complexity index is 775. The number of hydrogen-bond acceptors (Lipinski definition) is 3. The molecule has 0 aromatic heterocycles. The van der Waals surface area contributed by atoms with Crippen LogP contribution in [0.5, 0.6) is 5.75 Å². The van der Waals surface area contributed by atoms with E-state index in [-0.39, 0.29) is 24.1 Å². The maximum Gasteiger partial charge on any atom is 0.227 e. The number of ether oxygens (including phenoxy) is 1. The minimum absolute atomic E-state index is 0.127. The van der Waals surface area contributed by atoms with Crippen molar-refractivity contribution in [3.8, 4) is 5.75 Å². The Balaban J connectivity index is 1.55. The van der Waals surface area contributed by atoms with Crippen molar-refractivity contribution in [1.29, 1.82) is 0 Å². The average Bonchev–Trinajstić information content (AvgIpc) is 3.04. The van der Waals surface area contributed by atoms with Gasteiger partial charge in [0.1, 0.15) is 11.6 Å². The van der Waals surface area contributed by atoms with Gasteiger partial charge in [0.25, 0.3) is 0 Å². The van der Waals surface area contributed by atoms with Crippen LogP contribution in [-0.4, -0.2) is 25.0 Å². The normalized spacial score (nSPS) is 16.6. The molecule has 1 aliphatic heterocycles. The summed E-state index contributed by atoms with van der Waals surface area (Å²) in [5.74, 6) is -0.256. The Morgan fingerprint density at radius 3 is 2.54 bits per heavy atom. The Morgan fingerprint density at radius 2 is 1.88 bits per heavy atom. The molecule has 0 unspecified atom stereocenters. The number of nitrogens with one attached hydrogen (secondary N) is 1. The number of hydrogen-bond donors (Lipinski definition) is 1. The van der Waals surface area contributed by atoms with Gasteiger partial charge in [0.05, 0.1) is 12.5 Å². The third-order valence-electron chi connectivity index (χ3n) is 4.34. The van der Waals surface area contributed by atoms with Gasteiger partial charge in [0, 0.05) is 25.2 Å². The van der Waals surface area contributed by atoms with Crippen molar-refractivity contribution in [3.05, 3.63) is 59.9 Å². The van der Waals surface area contributed by atoms with E-state index in [9.17, 15) is 14.0 Å². The molecule has 0 aliphatic carbocycles. The first-order chi connectivity index (χ1) is 12.6. The lowest BCUT2D eigenvalue weighted by atomic mass is 10.1. The second-order valence-electron chi connectivity index (χ2n) is 6.18. The van der Waals surface area contributed by atoms with E-state index in [0.717, 1.165) is 11.3 Å². The predicted octanol–water partition coefficient (Wildman–Crippen LogP) is 2.89. The summed E-state index contributed by atoms with van der Waals surface area (Å²) in [7, 11) is 0. The van der Waals surface area contributed by atoms with Crippen LogP contribution in [0.4, 0.5) is 10.1 Å². The molecule has 1 heterocycles. The topological polar surface area (TPSA) is 58.6 Å². The smallest absolute Gasteiger partial charge is 0.227 e. The van der Waals surface area contributed by atoms with Gasteiger partial charge in [-0.2, -0.15) is 0 Å². The molecule has 5 nitrogen and oxygen atoms in total. The zero-order chi connectivity index (χ0) is 18.5. The first kappa shape index (κ1) is 17.9. The summed E-state index contributed by atoms with van der Waals surface area (Å²) in [4.78, 5) is 26.1. The Morgan fingerprint density at radius 1 is 1.19 bits per heavy atom. The lowest BCUT2D eigenvalue weighted by Crippen LogP contribution is -2.32. The van der Waals surface area contributed by atoms with Crippen molar-refractivity contribution in [2.75, 3.05) is 18.1 Å². The highest BCUT2D eigenvalue weighted by Gasteiger charge is 2.34. The predicted molar refractivity (Wildman–Crippen MR) is 96.3 cm³/mol. The molecular formula is C20H21FN2O3. The highest BCUT2D eigenvalue weighted by Crippen LogP contribution is 2.25. The second-order valence-corrected chi connectivity index (χ2v) is 6.18. The van der Waals surface area contributed by atoms with Gasteiger partial charge in [-0.1, -0.05) is 12.1 Å². The molecule has 2 aromatic rings. The van der Waals surface area contributed by atoms with Gasteiger partial charge in [-0.05, 0) is 48.9 Å². The molecule has 1 N–H and O–H groups in total. The average molecular weight is 356 g/mol. The lowest BCUT2D eigenvalue weighted by molar-refractivity contribution is -0.126. The minimum Gasteiger partial charge on any atom is -0.494 e. The fourth-order valence-corrected chi connectivity index (χ4v) is 2.96. The van der Waals surface area contributed by atoms with E-state index in [1.165, 1.54) is 17.0 Å². The maximum atomic E-state index is 13.0. The van der Waals surface area contributed by atoms with Crippen LogP contribution < -0.4 is 15.0 Å². The summed E-state index contributed by atoms with van der Waals surface area (Å²) >= 11 is 0. The third-order valence-corrected chi connectivity index (χ3v) is 4.34. The van der Waals surface area contributed by atoms with Crippen LogP contribution in [0, 0.1) is 11.7 Å². The molecule has 1 atom stereocenters. The van der Waals surface area contributed by atoms with Crippen molar-refractivity contribution in [1.82, 2.24) is 5.32 Å². The van der Waals surface area contributed by atoms with E-state index in [0.29, 0.717) is 25.4 Å². The molecule has 1 aliphatic rings. The monoisotopic (exact) mass is 356 g/mol. The van der Waals surface area contributed by atoms with Gasteiger partial charge in [0.15, 0.2) is 0 Å². The van der Waals surface area contributed by atoms with Gasteiger partial charge in [-0.15, -0.1) is 0 Å². The number of nitrogens with zero attached hydrogens (tertiary/aromatic N) is 1. The molecular weight excluding hydrogens is 335 g/mol. The van der Waals surface area contributed by atoms with Crippen molar-refractivity contribution >= 4 is 17.5 Å². The molecule has 2 aromatic carbocycles. The maximum absolute atomic E-state index is 13.0. The fourth-order valence-electron chi connectivity index (χ4n) is 2.96. The van der Waals surface area contributed by atoms with Gasteiger partial charge in [0.2, 0.25) is 11.8 Å². The van der Waals surface area contributed by atoms with Gasteiger partial charge in [-0.25, -0.2) is 4.39 Å². The van der Waals surface area contributed by atoms with Crippen LogP contribution >= 0.6 is 0 Å². The molecule has 26 heavy (non-hydrogen) atoms. The van der Waals surface area contributed by atoms with Crippen molar-refractivity contribution in [3.63, 3.8) is 0 Å². The quantitative estimate of drug-likeness (QED) is 0.866. The van der Waals surface area contributed by atoms with Crippen LogP contribution in [0.2, 0.25) is 0 Å². The van der Waals surface area contributed by atoms with Crippen LogP contribution in [0.1, 0.15) is 18.9 Å². The largest absolute Gasteiger partial charge is 0.494 e. The van der Waals surface area contributed by atoms with E-state index < -0.39 is 5.92 Å². The summed E-state index contributed by atoms with van der Waals surface area (Å²) in [5.41, 5.74) is 1.57. The number of benzene rings is 2. The summed E-state index contributed by atoms with van der Waals surface area (Å²) in [6.45, 7) is 3.23. The molecule has 1 fully saturated rings. The fraction of sp³-hybridized carbons (Fsp3) is 0.300. The van der Waals surface area contributed by atoms with Gasteiger partial charge < -0.3 is 15.0 Å². The minimum atomic E-state index is -0.407. The van der Waals surface area contributed by atoms with Crippen molar-refractivity contribution in [2.45, 2.75) is 19.9 Å². The highest BCUT2D eigenvalue weighted by atomic mass is 19.1. The molecule has 0 radical (unpaired) electrons. The van der Waals surface area contributed by atoms with Crippen LogP contribution in [0.25, 0.3) is 0 Å². The number of anilines is 1.